The van der Waals surface area contributed by atoms with Crippen molar-refractivity contribution in [3.05, 3.63) is 83.9 Å². The van der Waals surface area contributed by atoms with E-state index in [-0.39, 0.29) is 12.5 Å². The summed E-state index contributed by atoms with van der Waals surface area (Å²) in [7, 11) is 3.50. The van der Waals surface area contributed by atoms with Gasteiger partial charge in [-0.2, -0.15) is 0 Å². The highest BCUT2D eigenvalue weighted by atomic mass is 16.5. The van der Waals surface area contributed by atoms with E-state index in [0.29, 0.717) is 17.2 Å². The molecule has 8 heteroatoms. The molecule has 0 spiro atoms. The molecule has 8 nitrogen and oxygen atoms in total. The molecule has 152 valence electrons. The second kappa shape index (κ2) is 8.20. The van der Waals surface area contributed by atoms with Crippen molar-refractivity contribution in [1.82, 2.24) is 14.9 Å². The molecule has 1 N–H and O–H groups in total. The molecule has 0 fully saturated rings. The lowest BCUT2D eigenvalue weighted by Crippen LogP contribution is -2.46. The van der Waals surface area contributed by atoms with Crippen LogP contribution >= 0.6 is 0 Å². The van der Waals surface area contributed by atoms with E-state index in [9.17, 15) is 9.59 Å². The van der Waals surface area contributed by atoms with Crippen LogP contribution in [0.3, 0.4) is 0 Å². The van der Waals surface area contributed by atoms with Crippen LogP contribution < -0.4 is 10.2 Å². The number of alkyl carbamates (subject to hydrolysis) is 1. The van der Waals surface area contributed by atoms with Gasteiger partial charge < -0.3 is 14.2 Å². The van der Waals surface area contributed by atoms with Crippen molar-refractivity contribution in [1.29, 1.82) is 0 Å². The van der Waals surface area contributed by atoms with Crippen LogP contribution in [0.15, 0.2) is 72.0 Å². The van der Waals surface area contributed by atoms with Crippen LogP contribution in [0.1, 0.15) is 17.0 Å². The highest BCUT2D eigenvalue weighted by Gasteiger charge is 2.32. The molecule has 1 unspecified atom stereocenters. The summed E-state index contributed by atoms with van der Waals surface area (Å²) in [5.41, 5.74) is 2.81. The van der Waals surface area contributed by atoms with Crippen LogP contribution in [0.5, 0.6) is 0 Å². The van der Waals surface area contributed by atoms with Gasteiger partial charge in [-0.05, 0) is 11.6 Å². The third-order valence-electron chi connectivity index (χ3n) is 4.84. The Labute approximate surface area is 173 Å². The predicted molar refractivity (Wildman–Crippen MR) is 112 cm³/mol. The maximum Gasteiger partial charge on any atom is 0.409 e. The average molecular weight is 403 g/mol. The Morgan fingerprint density at radius 2 is 1.83 bits per heavy atom. The quantitative estimate of drug-likeness (QED) is 0.725. The minimum atomic E-state index is -1.14. The maximum atomic E-state index is 13.0. The van der Waals surface area contributed by atoms with E-state index in [1.165, 1.54) is 4.90 Å². The van der Waals surface area contributed by atoms with Crippen LogP contribution in [0.2, 0.25) is 0 Å². The number of carbonyl (C=O) groups excluding carboxylic acids is 2. The van der Waals surface area contributed by atoms with Gasteiger partial charge in [0.05, 0.1) is 5.69 Å². The van der Waals surface area contributed by atoms with E-state index < -0.39 is 12.3 Å². The lowest BCUT2D eigenvalue weighted by atomic mass is 10.1. The molecule has 30 heavy (non-hydrogen) atoms. The lowest BCUT2D eigenvalue weighted by molar-refractivity contribution is -0.120. The fraction of sp³-hybridized carbons (Fsp3) is 0.182. The van der Waals surface area contributed by atoms with Gasteiger partial charge in [0.1, 0.15) is 12.3 Å². The zero-order valence-electron chi connectivity index (χ0n) is 16.6. The molecule has 2 heterocycles. The number of para-hydroxylation sites is 1. The van der Waals surface area contributed by atoms with Gasteiger partial charge >= 0.3 is 6.09 Å². The number of benzene rings is 2. The lowest BCUT2D eigenvalue weighted by Gasteiger charge is -2.20. The van der Waals surface area contributed by atoms with Gasteiger partial charge in [0.25, 0.3) is 5.91 Å². The van der Waals surface area contributed by atoms with Crippen molar-refractivity contribution in [3.8, 4) is 0 Å². The number of hydrogen-bond donors (Lipinski definition) is 1. The average Bonchev–Trinajstić information content (AvgIpc) is 3.16. The van der Waals surface area contributed by atoms with E-state index in [4.69, 9.17) is 4.74 Å². The number of ether oxygens (including phenoxy) is 1. The summed E-state index contributed by atoms with van der Waals surface area (Å²) in [5, 5.41) is 2.58. The largest absolute Gasteiger partial charge is 0.445 e. The molecule has 1 aliphatic rings. The molecule has 2 amide bonds. The standard InChI is InChI=1S/C22H21N5O3/c1-26-13-12-23-20(26)18-16-10-6-7-11-17(16)27(2)21(28)19(24-18)25-22(29)30-14-15-8-4-3-5-9-15/h3-13,19H,14H2,1-2H3,(H,25,29). The van der Waals surface area contributed by atoms with Crippen molar-refractivity contribution in [2.45, 2.75) is 12.8 Å². The van der Waals surface area contributed by atoms with E-state index in [2.05, 4.69) is 15.3 Å². The van der Waals surface area contributed by atoms with E-state index in [1.54, 1.807) is 19.4 Å². The molecule has 4 rings (SSSR count). The molecule has 0 radical (unpaired) electrons. The Morgan fingerprint density at radius 1 is 1.10 bits per heavy atom. The molecule has 0 saturated heterocycles. The summed E-state index contributed by atoms with van der Waals surface area (Å²) in [5.74, 6) is 0.221. The van der Waals surface area contributed by atoms with Crippen molar-refractivity contribution in [2.24, 2.45) is 12.0 Å². The molecule has 3 aromatic rings. The number of aromatic nitrogens is 2. The number of likely N-dealkylation sites (N-methyl/N-ethyl adjacent to an activating group) is 1. The van der Waals surface area contributed by atoms with E-state index >= 15 is 0 Å². The number of amides is 2. The second-order valence-electron chi connectivity index (χ2n) is 6.86. The van der Waals surface area contributed by atoms with Crippen LogP contribution in [-0.4, -0.2) is 40.5 Å². The van der Waals surface area contributed by atoms with Crippen molar-refractivity contribution in [2.75, 3.05) is 11.9 Å². The van der Waals surface area contributed by atoms with Gasteiger partial charge in [0.15, 0.2) is 5.82 Å². The zero-order valence-corrected chi connectivity index (χ0v) is 16.6. The first kappa shape index (κ1) is 19.4. The number of carbonyl (C=O) groups is 2. The molecule has 0 bridgehead atoms. The predicted octanol–water partition coefficient (Wildman–Crippen LogP) is 2.49. The molecule has 0 aliphatic carbocycles. The topological polar surface area (TPSA) is 88.8 Å². The first-order valence-electron chi connectivity index (χ1n) is 9.44. The molecular weight excluding hydrogens is 382 g/mol. The normalized spacial score (nSPS) is 15.8. The number of hydrogen-bond acceptors (Lipinski definition) is 5. The van der Waals surface area contributed by atoms with Gasteiger partial charge in [0.2, 0.25) is 6.17 Å². The van der Waals surface area contributed by atoms with E-state index in [0.717, 1.165) is 11.1 Å². The fourth-order valence-electron chi connectivity index (χ4n) is 3.26. The summed E-state index contributed by atoms with van der Waals surface area (Å²) < 4.78 is 7.09. The second-order valence-corrected chi connectivity index (χ2v) is 6.86. The van der Waals surface area contributed by atoms with Gasteiger partial charge in [0, 0.05) is 32.1 Å². The molecule has 1 aromatic heterocycles. The van der Waals surface area contributed by atoms with Crippen molar-refractivity contribution >= 4 is 23.4 Å². The van der Waals surface area contributed by atoms with Crippen LogP contribution in [-0.2, 0) is 23.2 Å². The summed E-state index contributed by atoms with van der Waals surface area (Å²) in [4.78, 5) is 35.9. The molecule has 2 aromatic carbocycles. The summed E-state index contributed by atoms with van der Waals surface area (Å²) in [6.07, 6.45) is 1.60. The smallest absolute Gasteiger partial charge is 0.409 e. The number of fused-ring (bicyclic) bond motifs is 1. The first-order chi connectivity index (χ1) is 14.5. The van der Waals surface area contributed by atoms with Crippen LogP contribution in [0.25, 0.3) is 0 Å². The van der Waals surface area contributed by atoms with Gasteiger partial charge in [-0.3, -0.25) is 10.1 Å². The van der Waals surface area contributed by atoms with E-state index in [1.807, 2.05) is 66.2 Å². The third-order valence-corrected chi connectivity index (χ3v) is 4.84. The number of imidazole rings is 1. The van der Waals surface area contributed by atoms with Gasteiger partial charge in [-0.15, -0.1) is 0 Å². The summed E-state index contributed by atoms with van der Waals surface area (Å²) in [6.45, 7) is 0.0968. The summed E-state index contributed by atoms with van der Waals surface area (Å²) in [6, 6.07) is 16.7. The highest BCUT2D eigenvalue weighted by molar-refractivity contribution is 6.18. The molecule has 1 atom stereocenters. The third kappa shape index (κ3) is 3.80. The van der Waals surface area contributed by atoms with Crippen molar-refractivity contribution in [3.63, 3.8) is 0 Å². The molecular formula is C22H21N5O3. The fourth-order valence-corrected chi connectivity index (χ4v) is 3.26. The maximum absolute atomic E-state index is 13.0. The Kier molecular flexibility index (Phi) is 5.30. The molecule has 0 saturated carbocycles. The Bertz CT molecular complexity index is 1110. The minimum Gasteiger partial charge on any atom is -0.445 e. The number of rotatable bonds is 4. The SMILES string of the molecule is CN1C(=O)C(NC(=O)OCc2ccccc2)N=C(c2nccn2C)c2ccccc21. The number of nitrogens with one attached hydrogen (secondary N) is 1. The highest BCUT2D eigenvalue weighted by Crippen LogP contribution is 2.26. The monoisotopic (exact) mass is 403 g/mol. The summed E-state index contributed by atoms with van der Waals surface area (Å²) >= 11 is 0. The Hall–Kier alpha value is -3.94. The number of benzodiazepines with no additional fused rings is 1. The van der Waals surface area contributed by atoms with Gasteiger partial charge in [-0.25, -0.2) is 14.8 Å². The van der Waals surface area contributed by atoms with Crippen molar-refractivity contribution < 1.29 is 14.3 Å². The van der Waals surface area contributed by atoms with Crippen LogP contribution in [0, 0.1) is 0 Å². The number of anilines is 1. The van der Waals surface area contributed by atoms with Crippen LogP contribution in [0.4, 0.5) is 10.5 Å². The minimum absolute atomic E-state index is 0.0968. The number of aryl methyl sites for hydroxylation is 1. The Balaban J connectivity index is 1.63. The first-order valence-corrected chi connectivity index (χ1v) is 9.44. The Morgan fingerprint density at radius 3 is 2.57 bits per heavy atom. The zero-order chi connectivity index (χ0) is 21.1. The number of aliphatic imine (C=N–C) groups is 1. The number of nitrogens with zero attached hydrogens (tertiary/aromatic N) is 4. The molecule has 1 aliphatic heterocycles. The van der Waals surface area contributed by atoms with Gasteiger partial charge in [-0.1, -0.05) is 48.5 Å².